The smallest absolute Gasteiger partial charge is 0.101 e. The summed E-state index contributed by atoms with van der Waals surface area (Å²) in [6, 6.07) is 0. The Labute approximate surface area is 60.7 Å². The molecule has 0 saturated carbocycles. The van der Waals surface area contributed by atoms with Crippen molar-refractivity contribution in [3.05, 3.63) is 0 Å². The molecule has 0 aromatic heterocycles. The molecular formula is C6H16NO3+. The zero-order chi connectivity index (χ0) is 7.82. The van der Waals surface area contributed by atoms with Gasteiger partial charge in [0.2, 0.25) is 0 Å². The Morgan fingerprint density at radius 2 is 1.00 bits per heavy atom. The Balaban J connectivity index is 3.30. The Bertz CT molecular complexity index is 55.7. The van der Waals surface area contributed by atoms with Crippen molar-refractivity contribution >= 4 is 0 Å². The molecule has 0 bridgehead atoms. The van der Waals surface area contributed by atoms with E-state index < -0.39 is 0 Å². The van der Waals surface area contributed by atoms with Crippen LogP contribution < -0.4 is 4.90 Å². The van der Waals surface area contributed by atoms with E-state index in [4.69, 9.17) is 15.3 Å². The molecule has 0 aromatic rings. The van der Waals surface area contributed by atoms with Crippen LogP contribution in [0, 0.1) is 0 Å². The minimum Gasteiger partial charge on any atom is -0.391 e. The first-order valence-corrected chi connectivity index (χ1v) is 3.51. The second-order valence-corrected chi connectivity index (χ2v) is 2.17. The normalized spacial score (nSPS) is 10.8. The highest BCUT2D eigenvalue weighted by atomic mass is 16.3. The predicted molar refractivity (Wildman–Crippen MR) is 36.8 cm³/mol. The van der Waals surface area contributed by atoms with E-state index >= 15 is 0 Å². The number of hydrogen-bond acceptors (Lipinski definition) is 3. The zero-order valence-electron chi connectivity index (χ0n) is 6.08. The summed E-state index contributed by atoms with van der Waals surface area (Å²) < 4.78 is 0. The van der Waals surface area contributed by atoms with Crippen molar-refractivity contribution in [3.63, 3.8) is 0 Å². The SMILES string of the molecule is OCC[NH+](CCO)CCO. The Hall–Kier alpha value is -0.160. The van der Waals surface area contributed by atoms with Crippen LogP contribution in [0.25, 0.3) is 0 Å². The number of nitrogens with one attached hydrogen (secondary N) is 1. The lowest BCUT2D eigenvalue weighted by atomic mass is 10.4. The molecule has 0 aromatic carbocycles. The Morgan fingerprint density at radius 1 is 0.700 bits per heavy atom. The number of rotatable bonds is 6. The van der Waals surface area contributed by atoms with Gasteiger partial charge in [0, 0.05) is 0 Å². The number of hydrogen-bond donors (Lipinski definition) is 4. The summed E-state index contributed by atoms with van der Waals surface area (Å²) in [5.74, 6) is 0. The van der Waals surface area contributed by atoms with Crippen molar-refractivity contribution in [3.8, 4) is 0 Å². The molecule has 0 aliphatic carbocycles. The summed E-state index contributed by atoms with van der Waals surface area (Å²) in [7, 11) is 0. The fourth-order valence-corrected chi connectivity index (χ4v) is 0.849. The van der Waals surface area contributed by atoms with Crippen molar-refractivity contribution in [1.29, 1.82) is 0 Å². The van der Waals surface area contributed by atoms with E-state index in [1.807, 2.05) is 0 Å². The maximum Gasteiger partial charge on any atom is 0.101 e. The van der Waals surface area contributed by atoms with Crippen LogP contribution in [-0.2, 0) is 0 Å². The van der Waals surface area contributed by atoms with Crippen molar-refractivity contribution < 1.29 is 20.2 Å². The third-order valence-electron chi connectivity index (χ3n) is 1.40. The monoisotopic (exact) mass is 150 g/mol. The molecule has 0 unspecified atom stereocenters. The molecule has 0 rings (SSSR count). The Morgan fingerprint density at radius 3 is 1.20 bits per heavy atom. The first kappa shape index (κ1) is 9.84. The summed E-state index contributed by atoms with van der Waals surface area (Å²) in [6.45, 7) is 2.11. The second kappa shape index (κ2) is 6.95. The third kappa shape index (κ3) is 4.69. The van der Waals surface area contributed by atoms with E-state index in [2.05, 4.69) is 0 Å². The second-order valence-electron chi connectivity index (χ2n) is 2.17. The van der Waals surface area contributed by atoms with Gasteiger partial charge in [0.25, 0.3) is 0 Å². The molecule has 4 heteroatoms. The average molecular weight is 150 g/mol. The largest absolute Gasteiger partial charge is 0.391 e. The molecule has 10 heavy (non-hydrogen) atoms. The van der Waals surface area contributed by atoms with Crippen LogP contribution in [-0.4, -0.2) is 54.8 Å². The predicted octanol–water partition coefficient (Wildman–Crippen LogP) is -3.15. The van der Waals surface area contributed by atoms with Gasteiger partial charge in [-0.3, -0.25) is 0 Å². The van der Waals surface area contributed by atoms with Crippen LogP contribution in [0.4, 0.5) is 0 Å². The lowest BCUT2D eigenvalue weighted by Gasteiger charge is -2.15. The standard InChI is InChI=1S/C6H15NO3/c8-4-1-7(2-5-9)3-6-10/h8-10H,1-6H2/p+1. The number of aliphatic hydroxyl groups excluding tert-OH is 3. The van der Waals surface area contributed by atoms with Crippen LogP contribution in [0.3, 0.4) is 0 Å². The molecule has 0 atom stereocenters. The first-order valence-electron chi connectivity index (χ1n) is 3.51. The maximum absolute atomic E-state index is 8.51. The molecule has 4 nitrogen and oxygen atoms in total. The lowest BCUT2D eigenvalue weighted by Crippen LogP contribution is -3.13. The topological polar surface area (TPSA) is 65.1 Å². The van der Waals surface area contributed by atoms with Crippen molar-refractivity contribution in [2.45, 2.75) is 0 Å². The summed E-state index contributed by atoms with van der Waals surface area (Å²) >= 11 is 0. The van der Waals surface area contributed by atoms with Crippen LogP contribution in [0.5, 0.6) is 0 Å². The molecular weight excluding hydrogens is 134 g/mol. The molecule has 0 spiro atoms. The van der Waals surface area contributed by atoms with Gasteiger partial charge < -0.3 is 20.2 Å². The summed E-state index contributed by atoms with van der Waals surface area (Å²) in [4.78, 5) is 1.03. The van der Waals surface area contributed by atoms with Gasteiger partial charge in [0.15, 0.2) is 0 Å². The molecule has 0 amide bonds. The molecule has 0 aliphatic rings. The molecule has 4 N–H and O–H groups in total. The summed E-state index contributed by atoms with van der Waals surface area (Å²) in [5, 5.41) is 25.5. The van der Waals surface area contributed by atoms with Crippen LogP contribution in [0.1, 0.15) is 0 Å². The number of quaternary nitrogens is 1. The molecule has 0 saturated heterocycles. The van der Waals surface area contributed by atoms with Crippen molar-refractivity contribution in [1.82, 2.24) is 0 Å². The highest BCUT2D eigenvalue weighted by Crippen LogP contribution is 1.52. The molecule has 0 radical (unpaired) electrons. The van der Waals surface area contributed by atoms with E-state index in [1.165, 1.54) is 0 Å². The van der Waals surface area contributed by atoms with Gasteiger partial charge in [-0.1, -0.05) is 0 Å². The third-order valence-corrected chi connectivity index (χ3v) is 1.40. The van der Waals surface area contributed by atoms with Crippen molar-refractivity contribution in [2.75, 3.05) is 39.5 Å². The maximum atomic E-state index is 8.51. The van der Waals surface area contributed by atoms with E-state index in [0.717, 1.165) is 4.90 Å². The van der Waals surface area contributed by atoms with Crippen molar-refractivity contribution in [2.24, 2.45) is 0 Å². The zero-order valence-corrected chi connectivity index (χ0v) is 6.08. The highest BCUT2D eigenvalue weighted by molar-refractivity contribution is 4.28. The van der Waals surface area contributed by atoms with Gasteiger partial charge in [0.05, 0.1) is 19.8 Å². The van der Waals surface area contributed by atoms with E-state index in [9.17, 15) is 0 Å². The van der Waals surface area contributed by atoms with Gasteiger partial charge in [-0.05, 0) is 0 Å². The van der Waals surface area contributed by atoms with E-state index in [1.54, 1.807) is 0 Å². The van der Waals surface area contributed by atoms with Crippen LogP contribution in [0.2, 0.25) is 0 Å². The highest BCUT2D eigenvalue weighted by Gasteiger charge is 2.03. The lowest BCUT2D eigenvalue weighted by molar-refractivity contribution is -0.901. The van der Waals surface area contributed by atoms with Crippen LogP contribution >= 0.6 is 0 Å². The number of aliphatic hydroxyl groups is 3. The molecule has 0 heterocycles. The van der Waals surface area contributed by atoms with E-state index in [-0.39, 0.29) is 19.8 Å². The molecule has 0 fully saturated rings. The van der Waals surface area contributed by atoms with Gasteiger partial charge in [-0.15, -0.1) is 0 Å². The molecule has 62 valence electrons. The van der Waals surface area contributed by atoms with Gasteiger partial charge in [-0.25, -0.2) is 0 Å². The van der Waals surface area contributed by atoms with E-state index in [0.29, 0.717) is 19.6 Å². The summed E-state index contributed by atoms with van der Waals surface area (Å²) in [6.07, 6.45) is 0. The minimum absolute atomic E-state index is 0.106. The Kier molecular flexibility index (Phi) is 6.84. The fourth-order valence-electron chi connectivity index (χ4n) is 0.849. The molecule has 0 aliphatic heterocycles. The van der Waals surface area contributed by atoms with Gasteiger partial charge in [-0.2, -0.15) is 0 Å². The fraction of sp³-hybridized carbons (Fsp3) is 1.00. The minimum atomic E-state index is 0.106. The first-order chi connectivity index (χ1) is 4.85. The quantitative estimate of drug-likeness (QED) is 0.323. The summed E-state index contributed by atoms with van der Waals surface area (Å²) in [5.41, 5.74) is 0. The van der Waals surface area contributed by atoms with Gasteiger partial charge in [0.1, 0.15) is 19.6 Å². The average Bonchev–Trinajstić information content (AvgIpc) is 1.90. The van der Waals surface area contributed by atoms with Crippen LogP contribution in [0.15, 0.2) is 0 Å². The van der Waals surface area contributed by atoms with Gasteiger partial charge >= 0.3 is 0 Å².